The van der Waals surface area contributed by atoms with Gasteiger partial charge in [-0.2, -0.15) is 4.98 Å². The summed E-state index contributed by atoms with van der Waals surface area (Å²) >= 11 is 0. The molecule has 0 N–H and O–H groups in total. The van der Waals surface area contributed by atoms with Gasteiger partial charge in [0.1, 0.15) is 0 Å². The summed E-state index contributed by atoms with van der Waals surface area (Å²) in [5.41, 5.74) is -0.196. The van der Waals surface area contributed by atoms with Crippen LogP contribution in [0.3, 0.4) is 0 Å². The lowest BCUT2D eigenvalue weighted by Crippen LogP contribution is -2.37. The molecule has 25 heavy (non-hydrogen) atoms. The first-order valence-corrected chi connectivity index (χ1v) is 8.45. The van der Waals surface area contributed by atoms with Crippen molar-refractivity contribution >= 4 is 11.9 Å². The van der Waals surface area contributed by atoms with Gasteiger partial charge in [-0.1, -0.05) is 25.9 Å². The van der Waals surface area contributed by atoms with Gasteiger partial charge in [0, 0.05) is 30.9 Å². The standard InChI is InChI=1S/C17H23N5O3/c1-17(2,3)15-20-13(25-21-15)11-24-14(23)12-5-9-22(10-6-12)16-18-7-4-8-19-16/h4,7-8,12H,5-6,9-11H2,1-3H3. The SMILES string of the molecule is CC(C)(C)c1noc(COC(=O)C2CCN(c3ncccn3)CC2)n1. The number of aromatic nitrogens is 4. The van der Waals surface area contributed by atoms with Crippen molar-refractivity contribution < 1.29 is 14.1 Å². The number of carbonyl (C=O) groups is 1. The topological polar surface area (TPSA) is 94.2 Å². The van der Waals surface area contributed by atoms with Crippen LogP contribution in [0.15, 0.2) is 23.0 Å². The van der Waals surface area contributed by atoms with E-state index in [1.807, 2.05) is 20.8 Å². The van der Waals surface area contributed by atoms with Gasteiger partial charge in [-0.25, -0.2) is 9.97 Å². The summed E-state index contributed by atoms with van der Waals surface area (Å²) in [5.74, 6) is 1.30. The average Bonchev–Trinajstić information content (AvgIpc) is 3.10. The third-order valence-electron chi connectivity index (χ3n) is 4.14. The van der Waals surface area contributed by atoms with Crippen LogP contribution in [0.2, 0.25) is 0 Å². The van der Waals surface area contributed by atoms with E-state index in [0.717, 1.165) is 13.1 Å². The highest BCUT2D eigenvalue weighted by atomic mass is 16.6. The summed E-state index contributed by atoms with van der Waals surface area (Å²) in [5, 5.41) is 3.92. The molecule has 0 atom stereocenters. The highest BCUT2D eigenvalue weighted by molar-refractivity contribution is 5.72. The number of nitrogens with zero attached hydrogens (tertiary/aromatic N) is 5. The summed E-state index contributed by atoms with van der Waals surface area (Å²) in [6.07, 6.45) is 4.88. The Morgan fingerprint density at radius 1 is 1.28 bits per heavy atom. The van der Waals surface area contributed by atoms with Crippen LogP contribution in [0.5, 0.6) is 0 Å². The zero-order chi connectivity index (χ0) is 17.9. The number of esters is 1. The Morgan fingerprint density at radius 3 is 2.56 bits per heavy atom. The zero-order valence-electron chi connectivity index (χ0n) is 14.8. The Hall–Kier alpha value is -2.51. The minimum absolute atomic E-state index is 0.0178. The summed E-state index contributed by atoms with van der Waals surface area (Å²) in [7, 11) is 0. The van der Waals surface area contributed by atoms with Crippen molar-refractivity contribution in [3.8, 4) is 0 Å². The summed E-state index contributed by atoms with van der Waals surface area (Å²) in [4.78, 5) is 27.1. The Labute approximate surface area is 146 Å². The van der Waals surface area contributed by atoms with Crippen molar-refractivity contribution in [3.63, 3.8) is 0 Å². The van der Waals surface area contributed by atoms with Gasteiger partial charge in [0.15, 0.2) is 12.4 Å². The Balaban J connectivity index is 1.47. The first-order chi connectivity index (χ1) is 11.9. The molecule has 0 unspecified atom stereocenters. The third kappa shape index (κ3) is 4.32. The van der Waals surface area contributed by atoms with Crippen molar-refractivity contribution in [2.45, 2.75) is 45.6 Å². The molecule has 0 aromatic carbocycles. The van der Waals surface area contributed by atoms with Gasteiger partial charge in [0.05, 0.1) is 5.92 Å². The van der Waals surface area contributed by atoms with Gasteiger partial charge in [-0.05, 0) is 18.9 Å². The number of ether oxygens (including phenoxy) is 1. The number of piperidine rings is 1. The van der Waals surface area contributed by atoms with Crippen LogP contribution in [0.4, 0.5) is 5.95 Å². The number of hydrogen-bond acceptors (Lipinski definition) is 8. The van der Waals surface area contributed by atoms with Crippen molar-refractivity contribution in [1.29, 1.82) is 0 Å². The van der Waals surface area contributed by atoms with Gasteiger partial charge in [0.2, 0.25) is 5.95 Å². The minimum Gasteiger partial charge on any atom is -0.455 e. The molecule has 3 heterocycles. The largest absolute Gasteiger partial charge is 0.455 e. The van der Waals surface area contributed by atoms with Crippen LogP contribution in [0, 0.1) is 5.92 Å². The summed E-state index contributed by atoms with van der Waals surface area (Å²) < 4.78 is 10.5. The Kier molecular flexibility index (Phi) is 4.96. The zero-order valence-corrected chi connectivity index (χ0v) is 14.8. The molecular formula is C17H23N5O3. The van der Waals surface area contributed by atoms with Crippen LogP contribution in [0.25, 0.3) is 0 Å². The molecule has 0 amide bonds. The van der Waals surface area contributed by atoms with E-state index in [1.54, 1.807) is 18.5 Å². The fourth-order valence-corrected chi connectivity index (χ4v) is 2.64. The van der Waals surface area contributed by atoms with Gasteiger partial charge in [0.25, 0.3) is 5.89 Å². The molecule has 0 saturated carbocycles. The van der Waals surface area contributed by atoms with E-state index in [2.05, 4.69) is 25.0 Å². The lowest BCUT2D eigenvalue weighted by atomic mass is 9.96. The maximum Gasteiger partial charge on any atom is 0.309 e. The van der Waals surface area contributed by atoms with Gasteiger partial charge in [-0.3, -0.25) is 4.79 Å². The molecule has 134 valence electrons. The quantitative estimate of drug-likeness (QED) is 0.778. The van der Waals surface area contributed by atoms with Gasteiger partial charge < -0.3 is 14.2 Å². The molecule has 0 aliphatic carbocycles. The monoisotopic (exact) mass is 345 g/mol. The van der Waals surface area contributed by atoms with E-state index in [1.165, 1.54) is 0 Å². The fraction of sp³-hybridized carbons (Fsp3) is 0.588. The van der Waals surface area contributed by atoms with E-state index in [4.69, 9.17) is 9.26 Å². The fourth-order valence-electron chi connectivity index (χ4n) is 2.64. The molecule has 8 heteroatoms. The third-order valence-corrected chi connectivity index (χ3v) is 4.14. The van der Waals surface area contributed by atoms with E-state index < -0.39 is 0 Å². The molecule has 0 bridgehead atoms. The first-order valence-electron chi connectivity index (χ1n) is 8.45. The first kappa shape index (κ1) is 17.3. The molecule has 2 aromatic rings. The van der Waals surface area contributed by atoms with Crippen molar-refractivity contribution in [2.24, 2.45) is 5.92 Å². The van der Waals surface area contributed by atoms with Crippen LogP contribution < -0.4 is 4.90 Å². The highest BCUT2D eigenvalue weighted by Crippen LogP contribution is 2.22. The number of carbonyl (C=O) groups excluding carboxylic acids is 1. The maximum atomic E-state index is 12.3. The predicted octanol–water partition coefficient (Wildman–Crippen LogP) is 2.12. The lowest BCUT2D eigenvalue weighted by Gasteiger charge is -2.30. The number of anilines is 1. The second-order valence-electron chi connectivity index (χ2n) is 7.18. The smallest absolute Gasteiger partial charge is 0.309 e. The van der Waals surface area contributed by atoms with Crippen LogP contribution in [0.1, 0.15) is 45.3 Å². The Morgan fingerprint density at radius 2 is 1.96 bits per heavy atom. The lowest BCUT2D eigenvalue weighted by molar-refractivity contribution is -0.151. The van der Waals surface area contributed by atoms with E-state index in [-0.39, 0.29) is 23.9 Å². The van der Waals surface area contributed by atoms with Gasteiger partial charge >= 0.3 is 5.97 Å². The molecule has 1 fully saturated rings. The molecule has 1 saturated heterocycles. The second kappa shape index (κ2) is 7.16. The van der Waals surface area contributed by atoms with E-state index in [9.17, 15) is 4.79 Å². The van der Waals surface area contributed by atoms with Crippen molar-refractivity contribution in [3.05, 3.63) is 30.2 Å². The van der Waals surface area contributed by atoms with Crippen LogP contribution in [-0.2, 0) is 21.6 Å². The summed E-state index contributed by atoms with van der Waals surface area (Å²) in [6.45, 7) is 7.48. The van der Waals surface area contributed by atoms with E-state index >= 15 is 0 Å². The normalized spacial score (nSPS) is 16.0. The number of rotatable bonds is 4. The van der Waals surface area contributed by atoms with Crippen molar-refractivity contribution in [1.82, 2.24) is 20.1 Å². The Bertz CT molecular complexity index is 703. The second-order valence-corrected chi connectivity index (χ2v) is 7.18. The molecule has 3 rings (SSSR count). The predicted molar refractivity (Wildman–Crippen MR) is 89.8 cm³/mol. The molecule has 0 radical (unpaired) electrons. The molecule has 2 aromatic heterocycles. The highest BCUT2D eigenvalue weighted by Gasteiger charge is 2.28. The van der Waals surface area contributed by atoms with Crippen LogP contribution in [-0.4, -0.2) is 39.2 Å². The van der Waals surface area contributed by atoms with Crippen molar-refractivity contribution in [2.75, 3.05) is 18.0 Å². The molecular weight excluding hydrogens is 322 g/mol. The molecule has 8 nitrogen and oxygen atoms in total. The molecule has 0 spiro atoms. The number of hydrogen-bond donors (Lipinski definition) is 0. The van der Waals surface area contributed by atoms with Crippen LogP contribution >= 0.6 is 0 Å². The van der Waals surface area contributed by atoms with E-state index in [0.29, 0.717) is 30.5 Å². The average molecular weight is 345 g/mol. The summed E-state index contributed by atoms with van der Waals surface area (Å²) in [6, 6.07) is 1.79. The molecule has 1 aliphatic rings. The molecule has 1 aliphatic heterocycles. The maximum absolute atomic E-state index is 12.3. The minimum atomic E-state index is -0.218. The van der Waals surface area contributed by atoms with Gasteiger partial charge in [-0.15, -0.1) is 0 Å².